The normalized spacial score (nSPS) is 10.8. The summed E-state index contributed by atoms with van der Waals surface area (Å²) < 4.78 is 35.5. The number of hydrogen-bond acceptors (Lipinski definition) is 4. The van der Waals surface area contributed by atoms with Crippen molar-refractivity contribution in [3.8, 4) is 5.75 Å². The molecular weight excluding hydrogens is 232 g/mol. The average Bonchev–Trinajstić information content (AvgIpc) is 2.17. The fraction of sp³-hybridized carbons (Fsp3) is 0.100. The van der Waals surface area contributed by atoms with Crippen molar-refractivity contribution in [2.75, 3.05) is 0 Å². The maximum atomic E-state index is 11.1. The fourth-order valence-electron chi connectivity index (χ4n) is 1.03. The lowest BCUT2D eigenvalue weighted by atomic mass is 10.3. The van der Waals surface area contributed by atoms with Crippen molar-refractivity contribution in [3.63, 3.8) is 0 Å². The molecule has 86 valence electrons. The lowest BCUT2D eigenvalue weighted by Gasteiger charge is -2.06. The summed E-state index contributed by atoms with van der Waals surface area (Å²) in [6.07, 6.45) is 1.29. The number of rotatable bonds is 4. The number of benzene rings is 1. The minimum absolute atomic E-state index is 0.0419. The molecule has 1 aromatic rings. The molecule has 0 aromatic heterocycles. The topological polar surface area (TPSA) is 80.7 Å². The summed E-state index contributed by atoms with van der Waals surface area (Å²) in [6.45, 7) is 3.35. The van der Waals surface area contributed by atoms with E-state index in [1.54, 1.807) is 0 Å². The molecule has 0 atom stereocenters. The van der Waals surface area contributed by atoms with Gasteiger partial charge >= 0.3 is 5.97 Å². The van der Waals surface area contributed by atoms with Crippen LogP contribution in [0.15, 0.2) is 41.8 Å². The summed E-state index contributed by atoms with van der Waals surface area (Å²) in [5, 5.41) is 0. The largest absolute Gasteiger partial charge is 0.425 e. The second kappa shape index (κ2) is 4.91. The van der Waals surface area contributed by atoms with Crippen molar-refractivity contribution in [2.45, 2.75) is 11.3 Å². The molecule has 0 heterocycles. The van der Waals surface area contributed by atoms with Gasteiger partial charge in [0.15, 0.2) is 5.75 Å². The summed E-state index contributed by atoms with van der Waals surface area (Å²) in [4.78, 5) is 10.7. The van der Waals surface area contributed by atoms with E-state index in [1.807, 2.05) is 0 Å². The van der Waals surface area contributed by atoms with Crippen LogP contribution in [0.25, 0.3) is 0 Å². The Hall–Kier alpha value is -1.66. The molecule has 0 fully saturated rings. The van der Waals surface area contributed by atoms with E-state index in [0.29, 0.717) is 0 Å². The van der Waals surface area contributed by atoms with E-state index in [1.165, 1.54) is 24.3 Å². The molecule has 0 amide bonds. The monoisotopic (exact) mass is 242 g/mol. The second-order valence-corrected chi connectivity index (χ2v) is 4.28. The average molecular weight is 242 g/mol. The second-order valence-electron chi connectivity index (χ2n) is 2.89. The SMILES string of the molecule is C=CCC(=O)Oc1ccccc1S(=O)(=O)O. The van der Waals surface area contributed by atoms with E-state index in [9.17, 15) is 13.2 Å². The van der Waals surface area contributed by atoms with Crippen LogP contribution in [0.1, 0.15) is 6.42 Å². The van der Waals surface area contributed by atoms with Crippen LogP contribution < -0.4 is 4.74 Å². The van der Waals surface area contributed by atoms with Gasteiger partial charge in [0, 0.05) is 0 Å². The highest BCUT2D eigenvalue weighted by Gasteiger charge is 2.17. The van der Waals surface area contributed by atoms with Gasteiger partial charge in [-0.3, -0.25) is 9.35 Å². The number of esters is 1. The Kier molecular flexibility index (Phi) is 3.81. The van der Waals surface area contributed by atoms with Crippen LogP contribution in [-0.4, -0.2) is 18.9 Å². The molecular formula is C10H10O5S. The quantitative estimate of drug-likeness (QED) is 0.373. The van der Waals surface area contributed by atoms with Crippen LogP contribution >= 0.6 is 0 Å². The lowest BCUT2D eigenvalue weighted by Crippen LogP contribution is -2.09. The lowest BCUT2D eigenvalue weighted by molar-refractivity contribution is -0.133. The van der Waals surface area contributed by atoms with E-state index >= 15 is 0 Å². The van der Waals surface area contributed by atoms with Crippen LogP contribution in [0.4, 0.5) is 0 Å². The Bertz CT molecular complexity index is 504. The zero-order valence-corrected chi connectivity index (χ0v) is 9.11. The molecule has 6 heteroatoms. The minimum atomic E-state index is -4.40. The molecule has 0 aliphatic rings. The molecule has 0 aliphatic heterocycles. The summed E-state index contributed by atoms with van der Waals surface area (Å²) in [7, 11) is -4.40. The van der Waals surface area contributed by atoms with E-state index in [0.717, 1.165) is 6.07 Å². The molecule has 1 N–H and O–H groups in total. The van der Waals surface area contributed by atoms with E-state index in [2.05, 4.69) is 6.58 Å². The van der Waals surface area contributed by atoms with Gasteiger partial charge in [0.2, 0.25) is 0 Å². The Morgan fingerprint density at radius 1 is 1.44 bits per heavy atom. The maximum absolute atomic E-state index is 11.1. The molecule has 0 bridgehead atoms. The Morgan fingerprint density at radius 3 is 2.62 bits per heavy atom. The first-order valence-corrected chi connectivity index (χ1v) is 5.77. The standard InChI is InChI=1S/C10H10O5S/c1-2-5-10(11)15-8-6-3-4-7-9(8)16(12,13)14/h2-4,6-7H,1,5H2,(H,12,13,14). The molecule has 0 saturated heterocycles. The summed E-state index contributed by atoms with van der Waals surface area (Å²) in [5.74, 6) is -0.844. The predicted octanol–water partition coefficient (Wildman–Crippen LogP) is 1.41. The van der Waals surface area contributed by atoms with Crippen LogP contribution in [0.2, 0.25) is 0 Å². The van der Waals surface area contributed by atoms with E-state index < -0.39 is 21.0 Å². The number of carbonyl (C=O) groups is 1. The van der Waals surface area contributed by atoms with Crippen molar-refractivity contribution < 1.29 is 22.5 Å². The first kappa shape index (κ1) is 12.4. The van der Waals surface area contributed by atoms with Gasteiger partial charge in [-0.25, -0.2) is 0 Å². The van der Waals surface area contributed by atoms with E-state index in [-0.39, 0.29) is 12.2 Å². The van der Waals surface area contributed by atoms with Crippen LogP contribution in [0.5, 0.6) is 5.75 Å². The van der Waals surface area contributed by atoms with Gasteiger partial charge in [0.1, 0.15) is 4.90 Å². The minimum Gasteiger partial charge on any atom is -0.425 e. The smallest absolute Gasteiger partial charge is 0.315 e. The van der Waals surface area contributed by atoms with Crippen molar-refractivity contribution in [1.82, 2.24) is 0 Å². The fourth-order valence-corrected chi connectivity index (χ4v) is 1.64. The first-order valence-electron chi connectivity index (χ1n) is 4.33. The molecule has 0 aliphatic carbocycles. The van der Waals surface area contributed by atoms with Gasteiger partial charge in [-0.1, -0.05) is 18.2 Å². The third kappa shape index (κ3) is 3.18. The van der Waals surface area contributed by atoms with E-state index in [4.69, 9.17) is 9.29 Å². The highest BCUT2D eigenvalue weighted by atomic mass is 32.2. The first-order chi connectivity index (χ1) is 7.45. The number of para-hydroxylation sites is 1. The highest BCUT2D eigenvalue weighted by molar-refractivity contribution is 7.86. The van der Waals surface area contributed by atoms with Crippen LogP contribution in [0, 0.1) is 0 Å². The predicted molar refractivity (Wildman–Crippen MR) is 56.7 cm³/mol. The van der Waals surface area contributed by atoms with Crippen molar-refractivity contribution >= 4 is 16.1 Å². The third-order valence-electron chi connectivity index (χ3n) is 1.66. The van der Waals surface area contributed by atoms with Crippen molar-refractivity contribution in [3.05, 3.63) is 36.9 Å². The maximum Gasteiger partial charge on any atom is 0.315 e. The molecule has 0 unspecified atom stereocenters. The van der Waals surface area contributed by atoms with Gasteiger partial charge in [0.05, 0.1) is 6.42 Å². The molecule has 0 spiro atoms. The molecule has 1 aromatic carbocycles. The van der Waals surface area contributed by atoms with Crippen LogP contribution in [-0.2, 0) is 14.9 Å². The van der Waals surface area contributed by atoms with Crippen molar-refractivity contribution in [2.24, 2.45) is 0 Å². The molecule has 16 heavy (non-hydrogen) atoms. The van der Waals surface area contributed by atoms with Gasteiger partial charge in [0.25, 0.3) is 10.1 Å². The molecule has 5 nitrogen and oxygen atoms in total. The zero-order valence-electron chi connectivity index (χ0n) is 8.29. The number of carbonyl (C=O) groups excluding carboxylic acids is 1. The summed E-state index contributed by atoms with van der Waals surface area (Å²) in [5.41, 5.74) is 0. The third-order valence-corrected chi connectivity index (χ3v) is 2.55. The Labute approximate surface area is 93.1 Å². The van der Waals surface area contributed by atoms with Gasteiger partial charge in [-0.15, -0.1) is 6.58 Å². The van der Waals surface area contributed by atoms with Gasteiger partial charge in [-0.2, -0.15) is 8.42 Å². The summed E-state index contributed by atoms with van der Waals surface area (Å²) in [6, 6.07) is 5.33. The Balaban J connectivity index is 3.05. The molecule has 0 saturated carbocycles. The van der Waals surface area contributed by atoms with Crippen molar-refractivity contribution in [1.29, 1.82) is 0 Å². The van der Waals surface area contributed by atoms with Gasteiger partial charge in [-0.05, 0) is 12.1 Å². The molecule has 0 radical (unpaired) electrons. The number of ether oxygens (including phenoxy) is 1. The Morgan fingerprint density at radius 2 is 2.06 bits per heavy atom. The number of hydrogen-bond donors (Lipinski definition) is 1. The van der Waals surface area contributed by atoms with Gasteiger partial charge < -0.3 is 4.74 Å². The molecule has 1 rings (SSSR count). The summed E-state index contributed by atoms with van der Waals surface area (Å²) >= 11 is 0. The van der Waals surface area contributed by atoms with Crippen LogP contribution in [0.3, 0.4) is 0 Å². The highest BCUT2D eigenvalue weighted by Crippen LogP contribution is 2.23. The zero-order chi connectivity index (χ0) is 12.2.